The minimum atomic E-state index is -1.74. The van der Waals surface area contributed by atoms with Crippen molar-refractivity contribution in [2.45, 2.75) is 57.5 Å². The molecule has 0 spiro atoms. The van der Waals surface area contributed by atoms with Crippen LogP contribution in [0.4, 0.5) is 0 Å². The molecule has 1 heterocycles. The van der Waals surface area contributed by atoms with Crippen LogP contribution in [-0.4, -0.2) is 57.1 Å². The van der Waals surface area contributed by atoms with Gasteiger partial charge in [0.15, 0.2) is 8.32 Å². The van der Waals surface area contributed by atoms with Gasteiger partial charge in [0.1, 0.15) is 0 Å². The summed E-state index contributed by atoms with van der Waals surface area (Å²) in [6, 6.07) is 7.32. The number of benzene rings is 1. The summed E-state index contributed by atoms with van der Waals surface area (Å²) in [6.07, 6.45) is 1.37. The molecular formula is C20H34N2O3Si. The Kier molecular flexibility index (Phi) is 6.66. The molecule has 0 unspecified atom stereocenters. The predicted molar refractivity (Wildman–Crippen MR) is 108 cm³/mol. The topological polar surface area (TPSA) is 61.8 Å². The molecule has 1 aromatic carbocycles. The van der Waals surface area contributed by atoms with E-state index in [2.05, 4.69) is 44.1 Å². The van der Waals surface area contributed by atoms with Crippen LogP contribution >= 0.6 is 0 Å². The third-order valence-electron chi connectivity index (χ3n) is 5.82. The van der Waals surface area contributed by atoms with Crippen molar-refractivity contribution in [2.75, 3.05) is 26.7 Å². The Hall–Kier alpha value is -1.21. The van der Waals surface area contributed by atoms with E-state index in [4.69, 9.17) is 4.43 Å². The van der Waals surface area contributed by atoms with Gasteiger partial charge in [0.2, 0.25) is 0 Å². The number of carboxylic acid groups (broad SMARTS) is 1. The number of hydrogen-bond donors (Lipinski definition) is 2. The second-order valence-corrected chi connectivity index (χ2v) is 13.6. The van der Waals surface area contributed by atoms with E-state index < -0.39 is 14.3 Å². The highest BCUT2D eigenvalue weighted by atomic mass is 28.4. The number of hydrogen-bond acceptors (Lipinski definition) is 4. The molecule has 0 radical (unpaired) electrons. The second kappa shape index (κ2) is 8.21. The van der Waals surface area contributed by atoms with Crippen LogP contribution in [0.1, 0.15) is 49.2 Å². The highest BCUT2D eigenvalue weighted by Crippen LogP contribution is 2.38. The van der Waals surface area contributed by atoms with Gasteiger partial charge >= 0.3 is 5.97 Å². The molecule has 0 saturated carbocycles. The summed E-state index contributed by atoms with van der Waals surface area (Å²) in [4.78, 5) is 13.6. The van der Waals surface area contributed by atoms with E-state index in [9.17, 15) is 9.90 Å². The minimum absolute atomic E-state index is 0.112. The van der Waals surface area contributed by atoms with Gasteiger partial charge in [0, 0.05) is 25.7 Å². The monoisotopic (exact) mass is 378 g/mol. The van der Waals surface area contributed by atoms with E-state index in [1.165, 1.54) is 0 Å². The number of aromatic carboxylic acids is 1. The van der Waals surface area contributed by atoms with E-state index in [0.29, 0.717) is 11.7 Å². The Morgan fingerprint density at radius 2 is 2.12 bits per heavy atom. The number of nitrogens with zero attached hydrogens (tertiary/aromatic N) is 1. The van der Waals surface area contributed by atoms with Crippen molar-refractivity contribution in [2.24, 2.45) is 0 Å². The number of carbonyl (C=O) groups is 1. The number of likely N-dealkylation sites (tertiary alicyclic amines) is 1. The van der Waals surface area contributed by atoms with E-state index in [0.717, 1.165) is 31.6 Å². The molecule has 6 heteroatoms. The van der Waals surface area contributed by atoms with E-state index >= 15 is 0 Å². The molecule has 1 aliphatic rings. The van der Waals surface area contributed by atoms with Crippen molar-refractivity contribution in [3.63, 3.8) is 0 Å². The van der Waals surface area contributed by atoms with Crippen molar-refractivity contribution in [1.29, 1.82) is 0 Å². The molecule has 2 atom stereocenters. The van der Waals surface area contributed by atoms with Crippen molar-refractivity contribution in [3.05, 3.63) is 35.4 Å². The van der Waals surface area contributed by atoms with Crippen LogP contribution in [0.2, 0.25) is 18.1 Å². The fourth-order valence-electron chi connectivity index (χ4n) is 3.16. The van der Waals surface area contributed by atoms with Gasteiger partial charge in [-0.1, -0.05) is 32.9 Å². The zero-order valence-corrected chi connectivity index (χ0v) is 18.0. The maximum atomic E-state index is 11.2. The van der Waals surface area contributed by atoms with Gasteiger partial charge < -0.3 is 14.8 Å². The van der Waals surface area contributed by atoms with Gasteiger partial charge in [-0.15, -0.1) is 0 Å². The first-order valence-corrected chi connectivity index (χ1v) is 12.3. The van der Waals surface area contributed by atoms with Gasteiger partial charge in [0.25, 0.3) is 0 Å². The highest BCUT2D eigenvalue weighted by molar-refractivity contribution is 6.74. The SMILES string of the molecule is CN[C@H](CN1CC[C@H](O[Si](C)(C)C(C)(C)C)C1)c1cccc(C(=O)O)c1. The molecule has 0 aliphatic carbocycles. The van der Waals surface area contributed by atoms with Crippen LogP contribution in [0.25, 0.3) is 0 Å². The normalized spacial score (nSPS) is 20.3. The van der Waals surface area contributed by atoms with Crippen LogP contribution in [0, 0.1) is 0 Å². The zero-order chi connectivity index (χ0) is 19.5. The molecule has 1 aromatic rings. The number of rotatable bonds is 7. The first-order chi connectivity index (χ1) is 12.0. The summed E-state index contributed by atoms with van der Waals surface area (Å²) in [6.45, 7) is 14.3. The third-order valence-corrected chi connectivity index (χ3v) is 10.4. The summed E-state index contributed by atoms with van der Waals surface area (Å²) >= 11 is 0. The van der Waals surface area contributed by atoms with E-state index in [1.807, 2.05) is 19.2 Å². The van der Waals surface area contributed by atoms with Gasteiger partial charge in [-0.05, 0) is 49.3 Å². The third kappa shape index (κ3) is 5.16. The maximum Gasteiger partial charge on any atom is 0.335 e. The first-order valence-electron chi connectivity index (χ1n) is 9.44. The molecular weight excluding hydrogens is 344 g/mol. The van der Waals surface area contributed by atoms with Gasteiger partial charge in [0.05, 0.1) is 11.7 Å². The number of carboxylic acids is 1. The van der Waals surface area contributed by atoms with Crippen LogP contribution in [0.3, 0.4) is 0 Å². The Bertz CT molecular complexity index is 628. The fourth-order valence-corrected chi connectivity index (χ4v) is 4.54. The van der Waals surface area contributed by atoms with Gasteiger partial charge in [-0.3, -0.25) is 4.90 Å². The highest BCUT2D eigenvalue weighted by Gasteiger charge is 2.40. The van der Waals surface area contributed by atoms with Crippen molar-refractivity contribution >= 4 is 14.3 Å². The molecule has 0 aromatic heterocycles. The van der Waals surface area contributed by atoms with E-state index in [1.54, 1.807) is 12.1 Å². The van der Waals surface area contributed by atoms with Gasteiger partial charge in [-0.2, -0.15) is 0 Å². The largest absolute Gasteiger partial charge is 0.478 e. The molecule has 1 saturated heterocycles. The zero-order valence-electron chi connectivity index (χ0n) is 17.0. The first kappa shape index (κ1) is 21.1. The molecule has 0 bridgehead atoms. The minimum Gasteiger partial charge on any atom is -0.478 e. The molecule has 2 N–H and O–H groups in total. The van der Waals surface area contributed by atoms with Crippen molar-refractivity contribution < 1.29 is 14.3 Å². The Morgan fingerprint density at radius 1 is 1.42 bits per heavy atom. The Balaban J connectivity index is 1.98. The Labute approximate surface area is 158 Å². The predicted octanol–water partition coefficient (Wildman–Crippen LogP) is 3.74. The summed E-state index contributed by atoms with van der Waals surface area (Å²) in [5.74, 6) is -0.884. The number of nitrogens with one attached hydrogen (secondary N) is 1. The maximum absolute atomic E-state index is 11.2. The quantitative estimate of drug-likeness (QED) is 0.708. The lowest BCUT2D eigenvalue weighted by Gasteiger charge is -2.38. The molecule has 2 rings (SSSR count). The van der Waals surface area contributed by atoms with E-state index in [-0.39, 0.29) is 11.1 Å². The average molecular weight is 379 g/mol. The Morgan fingerprint density at radius 3 is 2.69 bits per heavy atom. The fraction of sp³-hybridized carbons (Fsp3) is 0.650. The summed E-state index contributed by atoms with van der Waals surface area (Å²) < 4.78 is 6.56. The standard InChI is InChI=1S/C20H34N2O3Si/c1-20(2,3)26(5,6)25-17-10-11-22(13-17)14-18(21-4)15-8-7-9-16(12-15)19(23)24/h7-9,12,17-18,21H,10-11,13-14H2,1-6H3,(H,23,24)/t17-,18+/m0/s1. The smallest absolute Gasteiger partial charge is 0.335 e. The summed E-state index contributed by atoms with van der Waals surface area (Å²) in [5.41, 5.74) is 1.35. The lowest BCUT2D eigenvalue weighted by molar-refractivity contribution is 0.0696. The lowest BCUT2D eigenvalue weighted by Crippen LogP contribution is -2.44. The molecule has 0 amide bonds. The van der Waals surface area contributed by atoms with Crippen molar-refractivity contribution in [1.82, 2.24) is 10.2 Å². The van der Waals surface area contributed by atoms with Gasteiger partial charge in [-0.25, -0.2) is 4.79 Å². The lowest BCUT2D eigenvalue weighted by atomic mass is 10.0. The molecule has 1 aliphatic heterocycles. The van der Waals surface area contributed by atoms with Crippen LogP contribution in [-0.2, 0) is 4.43 Å². The summed E-state index contributed by atoms with van der Waals surface area (Å²) in [7, 11) is 0.189. The van der Waals surface area contributed by atoms with Crippen LogP contribution < -0.4 is 5.32 Å². The molecule has 146 valence electrons. The van der Waals surface area contributed by atoms with Crippen LogP contribution in [0.15, 0.2) is 24.3 Å². The molecule has 1 fully saturated rings. The molecule has 5 nitrogen and oxygen atoms in total. The number of likely N-dealkylation sites (N-methyl/N-ethyl adjacent to an activating group) is 1. The van der Waals surface area contributed by atoms with Crippen molar-refractivity contribution in [3.8, 4) is 0 Å². The van der Waals surface area contributed by atoms with Crippen LogP contribution in [0.5, 0.6) is 0 Å². The second-order valence-electron chi connectivity index (χ2n) is 8.82. The average Bonchev–Trinajstić information content (AvgIpc) is 2.98. The molecule has 26 heavy (non-hydrogen) atoms. The summed E-state index contributed by atoms with van der Waals surface area (Å²) in [5, 5.41) is 12.8.